The highest BCUT2D eigenvalue weighted by Gasteiger charge is 2.41. The maximum Gasteiger partial charge on any atom is 0.250 e. The molecular weight excluding hydrogens is 546 g/mol. The van der Waals surface area contributed by atoms with Gasteiger partial charge in [-0.05, 0) is 104 Å². The number of hydrogen-bond acceptors (Lipinski definition) is 4. The van der Waals surface area contributed by atoms with Gasteiger partial charge in [-0.2, -0.15) is 0 Å². The Morgan fingerprint density at radius 1 is 0.795 bits per heavy atom. The molecule has 2 aromatic carbocycles. The second-order valence-corrected chi connectivity index (χ2v) is 25.2. The van der Waals surface area contributed by atoms with Crippen LogP contribution < -0.4 is 13.6 Å². The van der Waals surface area contributed by atoms with E-state index >= 15 is 0 Å². The molecule has 0 radical (unpaired) electrons. The zero-order valence-electron chi connectivity index (χ0n) is 25.4. The van der Waals surface area contributed by atoms with Crippen LogP contribution in [-0.4, -0.2) is 31.1 Å². The molecule has 0 spiro atoms. The highest BCUT2D eigenvalue weighted by Crippen LogP contribution is 2.45. The second-order valence-electron chi connectivity index (χ2n) is 14.0. The zero-order valence-corrected chi connectivity index (χ0v) is 28.3. The summed E-state index contributed by atoms with van der Waals surface area (Å²) in [6.45, 7) is 22.5. The molecule has 39 heavy (non-hydrogen) atoms. The normalized spacial score (nSPS) is 19.6. The van der Waals surface area contributed by atoms with Crippen molar-refractivity contribution in [1.29, 1.82) is 0 Å². The predicted molar refractivity (Wildman–Crippen MR) is 164 cm³/mol. The van der Waals surface area contributed by atoms with Crippen molar-refractivity contribution in [2.45, 2.75) is 120 Å². The Morgan fingerprint density at radius 2 is 1.31 bits per heavy atom. The molecular formula is C30H48FNO4SSi2. The first kappa shape index (κ1) is 31.8. The van der Waals surface area contributed by atoms with Crippen LogP contribution in [0.1, 0.15) is 78.7 Å². The minimum atomic E-state index is -3.69. The number of hydrogen-bond donors (Lipinski definition) is 1. The molecule has 1 saturated carbocycles. The number of benzene rings is 2. The Morgan fingerprint density at radius 3 is 1.82 bits per heavy atom. The van der Waals surface area contributed by atoms with E-state index in [1.54, 1.807) is 0 Å². The summed E-state index contributed by atoms with van der Waals surface area (Å²) >= 11 is 0. The van der Waals surface area contributed by atoms with Gasteiger partial charge in [0.2, 0.25) is 26.7 Å². The van der Waals surface area contributed by atoms with E-state index in [1.807, 2.05) is 0 Å². The average Bonchev–Trinajstić information content (AvgIpc) is 2.78. The van der Waals surface area contributed by atoms with Crippen molar-refractivity contribution in [2.75, 3.05) is 0 Å². The summed E-state index contributed by atoms with van der Waals surface area (Å²) < 4.78 is 55.3. The fourth-order valence-corrected chi connectivity index (χ4v) is 7.66. The van der Waals surface area contributed by atoms with Gasteiger partial charge >= 0.3 is 0 Å². The highest BCUT2D eigenvalue weighted by molar-refractivity contribution is 7.89. The molecule has 0 aromatic heterocycles. The van der Waals surface area contributed by atoms with Crippen molar-refractivity contribution >= 4 is 26.7 Å². The van der Waals surface area contributed by atoms with E-state index in [9.17, 15) is 12.8 Å². The lowest BCUT2D eigenvalue weighted by Gasteiger charge is -2.39. The van der Waals surface area contributed by atoms with Gasteiger partial charge in [-0.25, -0.2) is 17.5 Å². The predicted octanol–water partition coefficient (Wildman–Crippen LogP) is 8.60. The van der Waals surface area contributed by atoms with Gasteiger partial charge in [-0.3, -0.25) is 0 Å². The molecule has 0 aliphatic heterocycles. The lowest BCUT2D eigenvalue weighted by Crippen LogP contribution is -2.44. The average molecular weight is 594 g/mol. The van der Waals surface area contributed by atoms with Crippen molar-refractivity contribution in [3.8, 4) is 11.5 Å². The van der Waals surface area contributed by atoms with Crippen LogP contribution in [0.5, 0.6) is 11.5 Å². The van der Waals surface area contributed by atoms with E-state index in [-0.39, 0.29) is 26.9 Å². The van der Waals surface area contributed by atoms with Gasteiger partial charge in [0.25, 0.3) is 0 Å². The van der Waals surface area contributed by atoms with Gasteiger partial charge in [-0.1, -0.05) is 47.6 Å². The molecule has 5 nitrogen and oxygen atoms in total. The van der Waals surface area contributed by atoms with Crippen LogP contribution in [-0.2, 0) is 10.0 Å². The first-order valence-corrected chi connectivity index (χ1v) is 21.3. The molecule has 3 rings (SSSR count). The first-order valence-electron chi connectivity index (χ1n) is 14.0. The fourth-order valence-electron chi connectivity index (χ4n) is 4.30. The molecule has 218 valence electrons. The monoisotopic (exact) mass is 593 g/mol. The molecule has 1 aliphatic rings. The summed E-state index contributed by atoms with van der Waals surface area (Å²) in [7, 11) is -7.81. The number of rotatable bonds is 8. The Labute approximate surface area is 238 Å². The summed E-state index contributed by atoms with van der Waals surface area (Å²) in [5, 5.41) is 0.141. The molecule has 0 unspecified atom stereocenters. The molecule has 9 heteroatoms. The summed E-state index contributed by atoms with van der Waals surface area (Å²) in [5.74, 6) is 1.59. The highest BCUT2D eigenvalue weighted by atomic mass is 32.2. The lowest BCUT2D eigenvalue weighted by atomic mass is 9.81. The molecule has 1 aliphatic carbocycles. The van der Waals surface area contributed by atoms with Crippen molar-refractivity contribution < 1.29 is 21.7 Å². The quantitative estimate of drug-likeness (QED) is 0.311. The van der Waals surface area contributed by atoms with Crippen LogP contribution in [0, 0.1) is 5.82 Å². The minimum Gasteiger partial charge on any atom is -0.543 e. The maximum absolute atomic E-state index is 13.3. The maximum atomic E-state index is 13.3. The molecule has 1 N–H and O–H groups in total. The third kappa shape index (κ3) is 7.74. The van der Waals surface area contributed by atoms with Crippen molar-refractivity contribution in [2.24, 2.45) is 0 Å². The van der Waals surface area contributed by atoms with Crippen LogP contribution in [0.4, 0.5) is 4.39 Å². The number of sulfonamides is 1. The summed E-state index contributed by atoms with van der Waals surface area (Å²) in [6.07, 6.45) is 3.17. The molecule has 0 saturated heterocycles. The van der Waals surface area contributed by atoms with Crippen LogP contribution in [0.15, 0.2) is 47.4 Å². The fraction of sp³-hybridized carbons (Fsp3) is 0.600. The molecule has 0 atom stereocenters. The molecule has 0 bridgehead atoms. The Kier molecular flexibility index (Phi) is 9.22. The van der Waals surface area contributed by atoms with Crippen LogP contribution in [0.3, 0.4) is 0 Å². The SMILES string of the molecule is CC(C)(C)[Si](C)(C)Oc1ccc([C@H]2CC[C@H](NS(=O)(=O)c3ccc(F)cc3)CC2)c(O[Si](C)(C)C(C)(C)C)c1. The van der Waals surface area contributed by atoms with Gasteiger partial charge in [0.1, 0.15) is 17.3 Å². The first-order chi connectivity index (χ1) is 17.7. The third-order valence-electron chi connectivity index (χ3n) is 8.95. The van der Waals surface area contributed by atoms with Gasteiger partial charge in [0.15, 0.2) is 0 Å². The minimum absolute atomic E-state index is 0.0524. The van der Waals surface area contributed by atoms with Gasteiger partial charge in [-0.15, -0.1) is 0 Å². The Hall–Kier alpha value is -1.69. The third-order valence-corrected chi connectivity index (χ3v) is 19.2. The molecule has 0 heterocycles. The van der Waals surface area contributed by atoms with E-state index < -0.39 is 32.5 Å². The van der Waals surface area contributed by atoms with E-state index in [0.29, 0.717) is 0 Å². The van der Waals surface area contributed by atoms with E-state index in [4.69, 9.17) is 8.85 Å². The smallest absolute Gasteiger partial charge is 0.250 e. The van der Waals surface area contributed by atoms with Gasteiger partial charge < -0.3 is 8.85 Å². The van der Waals surface area contributed by atoms with Crippen molar-refractivity contribution in [3.05, 3.63) is 53.8 Å². The summed E-state index contributed by atoms with van der Waals surface area (Å²) in [5.41, 5.74) is 1.18. The molecule has 0 amide bonds. The second kappa shape index (κ2) is 11.3. The topological polar surface area (TPSA) is 64.6 Å². The van der Waals surface area contributed by atoms with Crippen LogP contribution in [0.25, 0.3) is 0 Å². The number of nitrogens with one attached hydrogen (secondary N) is 1. The largest absolute Gasteiger partial charge is 0.543 e. The summed E-state index contributed by atoms with van der Waals surface area (Å²) in [6, 6.07) is 11.2. The Balaban J connectivity index is 1.82. The van der Waals surface area contributed by atoms with Crippen molar-refractivity contribution in [3.63, 3.8) is 0 Å². The standard InChI is InChI=1S/C30H48FNO4SSi2/c1-29(2,3)38(7,8)35-25-17-20-27(28(21-25)36-39(9,10)30(4,5)6)22-11-15-24(16-12-22)32-37(33,34)26-18-13-23(31)14-19-26/h13-14,17-22,24,32H,11-12,15-16H2,1-10H3/t22-,24-. The van der Waals surface area contributed by atoms with E-state index in [2.05, 4.69) is 90.7 Å². The van der Waals surface area contributed by atoms with Crippen LogP contribution in [0.2, 0.25) is 36.3 Å². The van der Waals surface area contributed by atoms with Gasteiger partial charge in [0.05, 0.1) is 4.90 Å². The van der Waals surface area contributed by atoms with Gasteiger partial charge in [0, 0.05) is 12.1 Å². The van der Waals surface area contributed by atoms with E-state index in [1.165, 1.54) is 29.8 Å². The Bertz CT molecular complexity index is 1240. The number of halogens is 1. The molecule has 1 fully saturated rings. The van der Waals surface area contributed by atoms with Crippen LogP contribution >= 0.6 is 0 Å². The molecule has 2 aromatic rings. The zero-order chi connectivity index (χ0) is 29.4. The summed E-state index contributed by atoms with van der Waals surface area (Å²) in [4.78, 5) is 0.0911. The lowest BCUT2D eigenvalue weighted by molar-refractivity contribution is 0.367. The van der Waals surface area contributed by atoms with Crippen molar-refractivity contribution in [1.82, 2.24) is 4.72 Å². The van der Waals surface area contributed by atoms with E-state index in [0.717, 1.165) is 37.2 Å².